The molecule has 106 valence electrons. The summed E-state index contributed by atoms with van der Waals surface area (Å²) in [4.78, 5) is 2.68. The van der Waals surface area contributed by atoms with Crippen LogP contribution in [-0.2, 0) is 0 Å². The second-order valence-electron chi connectivity index (χ2n) is 5.78. The van der Waals surface area contributed by atoms with Crippen LogP contribution in [0.1, 0.15) is 32.6 Å². The summed E-state index contributed by atoms with van der Waals surface area (Å²) >= 11 is 0. The minimum absolute atomic E-state index is 0.712. The van der Waals surface area contributed by atoms with Crippen LogP contribution in [0.25, 0.3) is 0 Å². The van der Waals surface area contributed by atoms with Crippen molar-refractivity contribution in [1.82, 2.24) is 20.9 Å². The molecule has 2 rings (SSSR count). The molecule has 2 aliphatic rings. The van der Waals surface area contributed by atoms with Crippen LogP contribution in [0.2, 0.25) is 0 Å². The summed E-state index contributed by atoms with van der Waals surface area (Å²) in [5, 5.41) is 10.7. The molecule has 4 heteroatoms. The quantitative estimate of drug-likeness (QED) is 0.585. The molecule has 0 aromatic rings. The Morgan fingerprint density at radius 1 is 0.889 bits per heavy atom. The van der Waals surface area contributed by atoms with Gasteiger partial charge in [0.2, 0.25) is 0 Å². The molecule has 0 radical (unpaired) electrons. The van der Waals surface area contributed by atoms with Crippen LogP contribution in [0.3, 0.4) is 0 Å². The van der Waals surface area contributed by atoms with Crippen molar-refractivity contribution in [3.63, 3.8) is 0 Å². The highest BCUT2D eigenvalue weighted by Crippen LogP contribution is 2.15. The van der Waals surface area contributed by atoms with Gasteiger partial charge < -0.3 is 16.0 Å². The first-order valence-corrected chi connectivity index (χ1v) is 7.75. The zero-order chi connectivity index (χ0) is 12.6. The van der Waals surface area contributed by atoms with Gasteiger partial charge in [-0.2, -0.15) is 0 Å². The highest BCUT2D eigenvalue weighted by Gasteiger charge is 2.22. The molecule has 2 fully saturated rings. The van der Waals surface area contributed by atoms with E-state index < -0.39 is 0 Å². The Bertz CT molecular complexity index is 212. The van der Waals surface area contributed by atoms with E-state index >= 15 is 0 Å². The molecule has 0 aromatic carbocycles. The Kier molecular flexibility index (Phi) is 6.41. The van der Waals surface area contributed by atoms with Gasteiger partial charge in [-0.25, -0.2) is 0 Å². The van der Waals surface area contributed by atoms with Crippen LogP contribution in [0.4, 0.5) is 0 Å². The Morgan fingerprint density at radius 3 is 2.56 bits per heavy atom. The van der Waals surface area contributed by atoms with Gasteiger partial charge in [-0.1, -0.05) is 0 Å². The number of fused-ring (bicyclic) bond motifs is 2. The van der Waals surface area contributed by atoms with Gasteiger partial charge in [-0.15, -0.1) is 0 Å². The fourth-order valence-electron chi connectivity index (χ4n) is 3.07. The third kappa shape index (κ3) is 4.84. The molecule has 2 aliphatic heterocycles. The minimum atomic E-state index is 0.712. The van der Waals surface area contributed by atoms with Gasteiger partial charge in [0, 0.05) is 44.8 Å². The van der Waals surface area contributed by atoms with E-state index in [9.17, 15) is 0 Å². The van der Waals surface area contributed by atoms with E-state index in [1.807, 2.05) is 0 Å². The molecule has 0 spiro atoms. The van der Waals surface area contributed by atoms with Crippen molar-refractivity contribution in [2.24, 2.45) is 0 Å². The predicted molar refractivity (Wildman–Crippen MR) is 77.0 cm³/mol. The van der Waals surface area contributed by atoms with Gasteiger partial charge in [-0.05, 0) is 45.7 Å². The molecule has 3 atom stereocenters. The van der Waals surface area contributed by atoms with E-state index in [4.69, 9.17) is 0 Å². The Hall–Kier alpha value is -0.160. The second-order valence-corrected chi connectivity index (χ2v) is 5.78. The molecule has 0 amide bonds. The summed E-state index contributed by atoms with van der Waals surface area (Å²) in [5.74, 6) is 0. The van der Waals surface area contributed by atoms with Gasteiger partial charge >= 0.3 is 0 Å². The summed E-state index contributed by atoms with van der Waals surface area (Å²) in [6.07, 6.45) is 5.33. The maximum atomic E-state index is 3.70. The first-order valence-electron chi connectivity index (χ1n) is 7.75. The fourth-order valence-corrected chi connectivity index (χ4v) is 3.07. The summed E-state index contributed by atoms with van der Waals surface area (Å²) in [6, 6.07) is 1.46. The van der Waals surface area contributed by atoms with Crippen molar-refractivity contribution < 1.29 is 0 Å². The van der Waals surface area contributed by atoms with Gasteiger partial charge in [0.1, 0.15) is 0 Å². The zero-order valence-corrected chi connectivity index (χ0v) is 11.9. The summed E-state index contributed by atoms with van der Waals surface area (Å²) in [5.41, 5.74) is 0. The molecule has 0 aliphatic carbocycles. The lowest BCUT2D eigenvalue weighted by atomic mass is 10.0. The third-order valence-electron chi connectivity index (χ3n) is 4.26. The Labute approximate surface area is 112 Å². The van der Waals surface area contributed by atoms with Crippen molar-refractivity contribution >= 4 is 0 Å². The number of nitrogens with zero attached hydrogens (tertiary/aromatic N) is 1. The van der Waals surface area contributed by atoms with E-state index in [2.05, 4.69) is 27.8 Å². The molecular weight excluding hydrogens is 224 g/mol. The molecule has 2 saturated heterocycles. The van der Waals surface area contributed by atoms with Crippen LogP contribution in [-0.4, -0.2) is 62.8 Å². The maximum absolute atomic E-state index is 3.70. The van der Waals surface area contributed by atoms with Gasteiger partial charge in [0.05, 0.1) is 0 Å². The molecule has 3 unspecified atom stereocenters. The van der Waals surface area contributed by atoms with Gasteiger partial charge in [-0.3, -0.25) is 4.90 Å². The van der Waals surface area contributed by atoms with E-state index in [0.29, 0.717) is 6.04 Å². The predicted octanol–water partition coefficient (Wildman–Crippen LogP) is 0.402. The standard InChI is InChI=1S/C14H30N4/c1-13-4-2-6-15-7-8-16-9-10-17-14-5-3-11-18(13)12-14/h13-17H,2-12H2,1H3. The summed E-state index contributed by atoms with van der Waals surface area (Å²) < 4.78 is 0. The lowest BCUT2D eigenvalue weighted by Crippen LogP contribution is -2.50. The second kappa shape index (κ2) is 8.10. The van der Waals surface area contributed by atoms with Crippen molar-refractivity contribution in [2.45, 2.75) is 44.7 Å². The Balaban J connectivity index is 1.81. The maximum Gasteiger partial charge on any atom is 0.0196 e. The largest absolute Gasteiger partial charge is 0.315 e. The van der Waals surface area contributed by atoms with Crippen LogP contribution >= 0.6 is 0 Å². The third-order valence-corrected chi connectivity index (χ3v) is 4.26. The first kappa shape index (κ1) is 14.3. The number of piperidine rings is 1. The van der Waals surface area contributed by atoms with Crippen LogP contribution in [0.15, 0.2) is 0 Å². The topological polar surface area (TPSA) is 39.3 Å². The fraction of sp³-hybridized carbons (Fsp3) is 1.00. The molecule has 2 bridgehead atoms. The molecule has 2 heterocycles. The van der Waals surface area contributed by atoms with Gasteiger partial charge in [0.25, 0.3) is 0 Å². The number of hydrogen-bond donors (Lipinski definition) is 3. The van der Waals surface area contributed by atoms with Crippen molar-refractivity contribution in [3.8, 4) is 0 Å². The van der Waals surface area contributed by atoms with Crippen LogP contribution in [0, 0.1) is 0 Å². The molecule has 3 N–H and O–H groups in total. The Morgan fingerprint density at radius 2 is 1.67 bits per heavy atom. The minimum Gasteiger partial charge on any atom is -0.315 e. The van der Waals surface area contributed by atoms with Crippen molar-refractivity contribution in [1.29, 1.82) is 0 Å². The number of hydrogen-bond acceptors (Lipinski definition) is 4. The monoisotopic (exact) mass is 254 g/mol. The lowest BCUT2D eigenvalue weighted by Gasteiger charge is -2.37. The molecular formula is C14H30N4. The highest BCUT2D eigenvalue weighted by atomic mass is 15.2. The normalized spacial score (nSPS) is 36.8. The van der Waals surface area contributed by atoms with Crippen molar-refractivity contribution in [2.75, 3.05) is 45.8 Å². The smallest absolute Gasteiger partial charge is 0.0196 e. The summed E-state index contributed by atoms with van der Waals surface area (Å²) in [7, 11) is 0. The first-order chi connectivity index (χ1) is 8.86. The van der Waals surface area contributed by atoms with Crippen LogP contribution in [0.5, 0.6) is 0 Å². The molecule has 0 saturated carbocycles. The van der Waals surface area contributed by atoms with E-state index in [1.165, 1.54) is 45.3 Å². The lowest BCUT2D eigenvalue weighted by molar-refractivity contribution is 0.138. The average molecular weight is 254 g/mol. The van der Waals surface area contributed by atoms with Crippen molar-refractivity contribution in [3.05, 3.63) is 0 Å². The molecule has 18 heavy (non-hydrogen) atoms. The van der Waals surface area contributed by atoms with E-state index in [0.717, 1.165) is 32.2 Å². The van der Waals surface area contributed by atoms with E-state index in [-0.39, 0.29) is 0 Å². The van der Waals surface area contributed by atoms with Gasteiger partial charge in [0.15, 0.2) is 0 Å². The molecule has 0 aromatic heterocycles. The number of nitrogens with one attached hydrogen (secondary N) is 3. The SMILES string of the molecule is CC1CCCNCCNCCNC2CCCN1C2. The number of rotatable bonds is 0. The van der Waals surface area contributed by atoms with E-state index in [1.54, 1.807) is 0 Å². The molecule has 4 nitrogen and oxygen atoms in total. The zero-order valence-electron chi connectivity index (χ0n) is 11.9. The van der Waals surface area contributed by atoms with Crippen LogP contribution < -0.4 is 16.0 Å². The average Bonchev–Trinajstić information content (AvgIpc) is 2.40. The summed E-state index contributed by atoms with van der Waals surface area (Å²) in [6.45, 7) is 10.5. The highest BCUT2D eigenvalue weighted by molar-refractivity contribution is 4.81.